The summed E-state index contributed by atoms with van der Waals surface area (Å²) in [6.07, 6.45) is 0.880. The summed E-state index contributed by atoms with van der Waals surface area (Å²) in [6.45, 7) is 10.4. The van der Waals surface area contributed by atoms with Gasteiger partial charge in [-0.1, -0.05) is 19.6 Å². The Balaban J connectivity index is 4.22. The first-order valence-corrected chi connectivity index (χ1v) is 7.96. The zero-order chi connectivity index (χ0) is 9.99. The molecule has 2 nitrogen and oxygen atoms in total. The van der Waals surface area contributed by atoms with Crippen molar-refractivity contribution in [2.24, 2.45) is 0 Å². The Morgan fingerprint density at radius 1 is 1.42 bits per heavy atom. The van der Waals surface area contributed by atoms with E-state index in [-0.39, 0.29) is 6.10 Å². The van der Waals surface area contributed by atoms with Gasteiger partial charge in [0.15, 0.2) is 0 Å². The van der Waals surface area contributed by atoms with E-state index in [4.69, 9.17) is 4.74 Å². The van der Waals surface area contributed by atoms with Crippen molar-refractivity contribution in [2.45, 2.75) is 51.2 Å². The largest absolute Gasteiger partial charge is 0.394 e. The minimum atomic E-state index is -1.49. The van der Waals surface area contributed by atoms with Crippen molar-refractivity contribution in [3.05, 3.63) is 0 Å². The molecule has 0 aromatic rings. The van der Waals surface area contributed by atoms with Crippen LogP contribution >= 0.6 is 0 Å². The lowest BCUT2D eigenvalue weighted by Gasteiger charge is -2.37. The fourth-order valence-electron chi connectivity index (χ4n) is 0.949. The Hall–Kier alpha value is 0.137. The van der Waals surface area contributed by atoms with Crippen molar-refractivity contribution in [3.8, 4) is 0 Å². The van der Waals surface area contributed by atoms with Crippen molar-refractivity contribution in [3.63, 3.8) is 0 Å². The van der Waals surface area contributed by atoms with Gasteiger partial charge in [0.1, 0.15) is 0 Å². The molecule has 0 saturated carbocycles. The summed E-state index contributed by atoms with van der Waals surface area (Å²) < 4.78 is 5.14. The molecule has 0 radical (unpaired) electrons. The van der Waals surface area contributed by atoms with E-state index in [9.17, 15) is 5.11 Å². The molecule has 0 aromatic heterocycles. The molecule has 3 heteroatoms. The van der Waals surface area contributed by atoms with Crippen LogP contribution in [0.4, 0.5) is 0 Å². The van der Waals surface area contributed by atoms with Crippen LogP contribution in [0.25, 0.3) is 0 Å². The molecule has 0 unspecified atom stereocenters. The fraction of sp³-hybridized carbons (Fsp3) is 1.00. The van der Waals surface area contributed by atoms with Gasteiger partial charge in [-0.15, -0.1) is 0 Å². The first kappa shape index (κ1) is 12.1. The van der Waals surface area contributed by atoms with Crippen LogP contribution in [0, 0.1) is 0 Å². The molecule has 0 amide bonds. The van der Waals surface area contributed by atoms with Crippen LogP contribution in [0.15, 0.2) is 0 Å². The third kappa shape index (κ3) is 3.25. The first-order valence-electron chi connectivity index (χ1n) is 4.46. The molecule has 0 fully saturated rings. The molecule has 0 aromatic carbocycles. The van der Waals surface area contributed by atoms with Crippen molar-refractivity contribution < 1.29 is 9.84 Å². The van der Waals surface area contributed by atoms with Gasteiger partial charge in [-0.25, -0.2) is 0 Å². The number of aliphatic hydroxyl groups is 1. The number of methoxy groups -OCH3 is 1. The highest BCUT2D eigenvalue weighted by molar-refractivity contribution is 6.78. The molecule has 12 heavy (non-hydrogen) atoms. The Morgan fingerprint density at radius 3 is 2.08 bits per heavy atom. The lowest BCUT2D eigenvalue weighted by Crippen LogP contribution is -2.51. The molecule has 0 spiro atoms. The van der Waals surface area contributed by atoms with E-state index in [1.807, 2.05) is 13.8 Å². The van der Waals surface area contributed by atoms with E-state index >= 15 is 0 Å². The molecule has 2 atom stereocenters. The van der Waals surface area contributed by atoms with E-state index < -0.39 is 13.3 Å². The predicted molar refractivity (Wildman–Crippen MR) is 55.1 cm³/mol. The summed E-state index contributed by atoms with van der Waals surface area (Å²) in [5.74, 6) is 0. The van der Waals surface area contributed by atoms with Gasteiger partial charge in [-0.05, 0) is 20.3 Å². The monoisotopic (exact) mass is 190 g/mol. The number of rotatable bonds is 4. The molecule has 0 bridgehead atoms. The van der Waals surface area contributed by atoms with Crippen LogP contribution in [0.2, 0.25) is 19.6 Å². The zero-order valence-electron chi connectivity index (χ0n) is 9.14. The second-order valence-corrected chi connectivity index (χ2v) is 10.4. The first-order chi connectivity index (χ1) is 5.20. The molecular weight excluding hydrogens is 168 g/mol. The highest BCUT2D eigenvalue weighted by atomic mass is 28.3. The van der Waals surface area contributed by atoms with Gasteiger partial charge in [-0.3, -0.25) is 0 Å². The van der Waals surface area contributed by atoms with Gasteiger partial charge in [0, 0.05) is 7.11 Å². The van der Waals surface area contributed by atoms with Crippen LogP contribution in [0.5, 0.6) is 0 Å². The van der Waals surface area contributed by atoms with E-state index in [0.29, 0.717) is 0 Å². The second kappa shape index (κ2) is 3.90. The van der Waals surface area contributed by atoms with Crippen molar-refractivity contribution in [2.75, 3.05) is 7.11 Å². The maximum absolute atomic E-state index is 10.1. The van der Waals surface area contributed by atoms with Crippen LogP contribution < -0.4 is 0 Å². The van der Waals surface area contributed by atoms with Crippen LogP contribution in [-0.2, 0) is 4.74 Å². The quantitative estimate of drug-likeness (QED) is 0.687. The minimum absolute atomic E-state index is 0.145. The van der Waals surface area contributed by atoms with Gasteiger partial charge in [0.25, 0.3) is 0 Å². The zero-order valence-corrected chi connectivity index (χ0v) is 10.1. The van der Waals surface area contributed by atoms with E-state index in [1.54, 1.807) is 7.11 Å². The summed E-state index contributed by atoms with van der Waals surface area (Å²) >= 11 is 0. The summed E-state index contributed by atoms with van der Waals surface area (Å²) in [5, 5.41) is 9.61. The number of ether oxygens (including phenoxy) is 1. The minimum Gasteiger partial charge on any atom is -0.394 e. The molecule has 0 rings (SSSR count). The molecule has 0 heterocycles. The van der Waals surface area contributed by atoms with Gasteiger partial charge >= 0.3 is 0 Å². The van der Waals surface area contributed by atoms with Crippen molar-refractivity contribution >= 4 is 8.07 Å². The average Bonchev–Trinajstić information content (AvgIpc) is 1.84. The van der Waals surface area contributed by atoms with Gasteiger partial charge in [-0.2, -0.15) is 0 Å². The Morgan fingerprint density at radius 2 is 1.83 bits per heavy atom. The fourth-order valence-corrected chi connectivity index (χ4v) is 1.85. The van der Waals surface area contributed by atoms with Gasteiger partial charge in [0.2, 0.25) is 0 Å². The van der Waals surface area contributed by atoms with Crippen LogP contribution in [0.3, 0.4) is 0 Å². The molecule has 74 valence electrons. The second-order valence-electron chi connectivity index (χ2n) is 4.77. The molecule has 0 aliphatic carbocycles. The SMILES string of the molecule is CO[C@H](C)C[C@@](C)(O)[Si](C)(C)C. The lowest BCUT2D eigenvalue weighted by molar-refractivity contribution is 0.0375. The molecule has 1 N–H and O–H groups in total. The van der Waals surface area contributed by atoms with Gasteiger partial charge in [0.05, 0.1) is 19.4 Å². The van der Waals surface area contributed by atoms with E-state index in [2.05, 4.69) is 19.6 Å². The average molecular weight is 190 g/mol. The van der Waals surface area contributed by atoms with Gasteiger partial charge < -0.3 is 9.84 Å². The Kier molecular flexibility index (Phi) is 3.94. The molecule has 0 aliphatic rings. The maximum Gasteiger partial charge on any atom is 0.0818 e. The van der Waals surface area contributed by atoms with Crippen molar-refractivity contribution in [1.29, 1.82) is 0 Å². The normalized spacial score (nSPS) is 20.2. The standard InChI is InChI=1S/C9H22O2Si/c1-8(11-3)7-9(2,10)12(4,5)6/h8,10H,7H2,1-6H3/t8-,9+/m1/s1. The third-order valence-corrected chi connectivity index (χ3v) is 6.14. The summed E-state index contributed by atoms with van der Waals surface area (Å²) in [7, 11) is 0.197. The van der Waals surface area contributed by atoms with E-state index in [0.717, 1.165) is 6.42 Å². The summed E-state index contributed by atoms with van der Waals surface area (Å²) in [6, 6.07) is 0. The number of hydrogen-bond donors (Lipinski definition) is 1. The number of hydrogen-bond acceptors (Lipinski definition) is 2. The smallest absolute Gasteiger partial charge is 0.0818 e. The van der Waals surface area contributed by atoms with E-state index in [1.165, 1.54) is 0 Å². The van der Waals surface area contributed by atoms with Crippen molar-refractivity contribution in [1.82, 2.24) is 0 Å². The lowest BCUT2D eigenvalue weighted by atomic mass is 10.2. The summed E-state index contributed by atoms with van der Waals surface area (Å²) in [4.78, 5) is 0. The van der Waals surface area contributed by atoms with Crippen LogP contribution in [-0.4, -0.2) is 31.6 Å². The highest BCUT2D eigenvalue weighted by Gasteiger charge is 2.38. The predicted octanol–water partition coefficient (Wildman–Crippen LogP) is 2.04. The third-order valence-electron chi connectivity index (χ3n) is 2.70. The Labute approximate surface area is 76.9 Å². The van der Waals surface area contributed by atoms with Crippen LogP contribution in [0.1, 0.15) is 20.3 Å². The highest BCUT2D eigenvalue weighted by Crippen LogP contribution is 2.25. The molecule has 0 saturated heterocycles. The molecular formula is C9H22O2Si. The summed E-state index contributed by atoms with van der Waals surface area (Å²) in [5.41, 5.74) is 0. The maximum atomic E-state index is 10.1. The topological polar surface area (TPSA) is 29.5 Å². The Bertz CT molecular complexity index is 138. The molecule has 0 aliphatic heterocycles.